The van der Waals surface area contributed by atoms with E-state index in [9.17, 15) is 13.6 Å². The van der Waals surface area contributed by atoms with Gasteiger partial charge in [0, 0.05) is 6.08 Å². The SMILES string of the molecule is CCOC(=O)/C=C(\N)C(F)(F)Cl. The maximum absolute atomic E-state index is 12.1. The van der Waals surface area contributed by atoms with Gasteiger partial charge in [0.05, 0.1) is 6.61 Å². The Bertz CT molecular complexity index is 200. The Morgan fingerprint density at radius 1 is 1.75 bits per heavy atom. The summed E-state index contributed by atoms with van der Waals surface area (Å²) in [5.74, 6) is -0.935. The lowest BCUT2D eigenvalue weighted by atomic mass is 10.4. The van der Waals surface area contributed by atoms with Gasteiger partial charge in [-0.15, -0.1) is 0 Å². The lowest BCUT2D eigenvalue weighted by molar-refractivity contribution is -0.137. The minimum absolute atomic E-state index is 0.0937. The summed E-state index contributed by atoms with van der Waals surface area (Å²) < 4.78 is 28.5. The molecule has 0 aromatic carbocycles. The first kappa shape index (κ1) is 11.2. The highest BCUT2D eigenvalue weighted by Gasteiger charge is 2.29. The molecular formula is C6H8ClF2NO2. The van der Waals surface area contributed by atoms with E-state index < -0.39 is 17.0 Å². The molecular weight excluding hydrogens is 192 g/mol. The first-order chi connectivity index (χ1) is 5.38. The third-order valence-electron chi connectivity index (χ3n) is 0.887. The smallest absolute Gasteiger partial charge is 0.362 e. The molecule has 0 aliphatic rings. The molecule has 0 spiro atoms. The third kappa shape index (κ3) is 4.12. The van der Waals surface area contributed by atoms with Crippen LogP contribution in [-0.2, 0) is 9.53 Å². The van der Waals surface area contributed by atoms with Gasteiger partial charge in [-0.25, -0.2) is 4.79 Å². The number of hydrogen-bond donors (Lipinski definition) is 1. The van der Waals surface area contributed by atoms with Gasteiger partial charge in [0.1, 0.15) is 5.70 Å². The molecule has 0 amide bonds. The summed E-state index contributed by atoms with van der Waals surface area (Å²) in [4.78, 5) is 10.5. The van der Waals surface area contributed by atoms with Crippen LogP contribution in [0, 0.1) is 0 Å². The number of alkyl halides is 3. The highest BCUT2D eigenvalue weighted by Crippen LogP contribution is 2.24. The van der Waals surface area contributed by atoms with Crippen LogP contribution in [0.4, 0.5) is 8.78 Å². The van der Waals surface area contributed by atoms with Crippen molar-refractivity contribution in [3.05, 3.63) is 11.8 Å². The van der Waals surface area contributed by atoms with Crippen LogP contribution in [0.15, 0.2) is 11.8 Å². The third-order valence-corrected chi connectivity index (χ3v) is 1.11. The van der Waals surface area contributed by atoms with E-state index in [1.807, 2.05) is 0 Å². The topological polar surface area (TPSA) is 52.3 Å². The largest absolute Gasteiger partial charge is 0.463 e. The van der Waals surface area contributed by atoms with Gasteiger partial charge >= 0.3 is 11.4 Å². The summed E-state index contributed by atoms with van der Waals surface area (Å²) in [6.45, 7) is 1.64. The van der Waals surface area contributed by atoms with Gasteiger partial charge in [0.15, 0.2) is 0 Å². The standard InChI is InChI=1S/C6H8ClF2NO2/c1-2-12-5(11)3-4(10)6(7,8)9/h3H,2,10H2,1H3/b4-3-. The minimum Gasteiger partial charge on any atom is -0.463 e. The van der Waals surface area contributed by atoms with Crippen LogP contribution in [0.1, 0.15) is 6.92 Å². The van der Waals surface area contributed by atoms with Crippen molar-refractivity contribution in [2.24, 2.45) is 5.73 Å². The zero-order valence-corrected chi connectivity index (χ0v) is 7.07. The summed E-state index contributed by atoms with van der Waals surface area (Å²) >= 11 is 4.49. The molecule has 0 radical (unpaired) electrons. The predicted octanol–water partition coefficient (Wildman–Crippen LogP) is 1.22. The zero-order chi connectivity index (χ0) is 9.78. The van der Waals surface area contributed by atoms with Crippen molar-refractivity contribution in [1.82, 2.24) is 0 Å². The molecule has 0 aliphatic heterocycles. The van der Waals surface area contributed by atoms with E-state index in [1.54, 1.807) is 6.92 Å². The summed E-state index contributed by atoms with van der Waals surface area (Å²) in [5, 5.41) is -3.70. The number of carbonyl (C=O) groups is 1. The molecule has 0 atom stereocenters. The summed E-state index contributed by atoms with van der Waals surface area (Å²) in [6.07, 6.45) is 0.455. The Balaban J connectivity index is 4.26. The quantitative estimate of drug-likeness (QED) is 0.423. The fourth-order valence-corrected chi connectivity index (χ4v) is 0.447. The minimum atomic E-state index is -3.70. The van der Waals surface area contributed by atoms with Crippen LogP contribution in [0.2, 0.25) is 0 Å². The number of carbonyl (C=O) groups excluding carboxylic acids is 1. The number of nitrogens with two attached hydrogens (primary N) is 1. The van der Waals surface area contributed by atoms with Crippen LogP contribution < -0.4 is 5.73 Å². The first-order valence-corrected chi connectivity index (χ1v) is 3.46. The summed E-state index contributed by atoms with van der Waals surface area (Å²) in [6, 6.07) is 0. The predicted molar refractivity (Wildman–Crippen MR) is 39.7 cm³/mol. The number of hydrogen-bond acceptors (Lipinski definition) is 3. The van der Waals surface area contributed by atoms with E-state index in [2.05, 4.69) is 16.3 Å². The van der Waals surface area contributed by atoms with Gasteiger partial charge in [-0.3, -0.25) is 0 Å². The van der Waals surface area contributed by atoms with Gasteiger partial charge in [0.2, 0.25) is 0 Å². The van der Waals surface area contributed by atoms with E-state index in [-0.39, 0.29) is 6.61 Å². The van der Waals surface area contributed by atoms with Gasteiger partial charge in [-0.05, 0) is 18.5 Å². The molecule has 0 bridgehead atoms. The van der Waals surface area contributed by atoms with Crippen molar-refractivity contribution in [2.75, 3.05) is 6.61 Å². The molecule has 3 nitrogen and oxygen atoms in total. The molecule has 0 aromatic heterocycles. The molecule has 0 rings (SSSR count). The molecule has 0 unspecified atom stereocenters. The fourth-order valence-electron chi connectivity index (χ4n) is 0.393. The summed E-state index contributed by atoms with van der Waals surface area (Å²) in [7, 11) is 0. The number of rotatable bonds is 3. The van der Waals surface area contributed by atoms with E-state index in [1.165, 1.54) is 0 Å². The van der Waals surface area contributed by atoms with Crippen molar-refractivity contribution < 1.29 is 18.3 Å². The molecule has 2 N–H and O–H groups in total. The Kier molecular flexibility index (Phi) is 3.95. The average molecular weight is 200 g/mol. The van der Waals surface area contributed by atoms with E-state index in [4.69, 9.17) is 5.73 Å². The average Bonchev–Trinajstić information content (AvgIpc) is 1.85. The van der Waals surface area contributed by atoms with Crippen molar-refractivity contribution in [3.8, 4) is 0 Å². The van der Waals surface area contributed by atoms with Crippen LogP contribution >= 0.6 is 11.6 Å². The maximum Gasteiger partial charge on any atom is 0.362 e. The fraction of sp³-hybridized carbons (Fsp3) is 0.500. The molecule has 12 heavy (non-hydrogen) atoms. The van der Waals surface area contributed by atoms with Crippen LogP contribution in [0.5, 0.6) is 0 Å². The Morgan fingerprint density at radius 2 is 2.25 bits per heavy atom. The molecule has 0 saturated heterocycles. The monoisotopic (exact) mass is 199 g/mol. The molecule has 0 aromatic rings. The Hall–Kier alpha value is -0.840. The number of allylic oxidation sites excluding steroid dienone is 1. The van der Waals surface area contributed by atoms with Gasteiger partial charge in [-0.1, -0.05) is 0 Å². The lowest BCUT2D eigenvalue weighted by Crippen LogP contribution is -2.20. The zero-order valence-electron chi connectivity index (χ0n) is 6.31. The molecule has 0 fully saturated rings. The van der Waals surface area contributed by atoms with E-state index >= 15 is 0 Å². The van der Waals surface area contributed by atoms with Gasteiger partial charge in [0.25, 0.3) is 0 Å². The molecule has 70 valence electrons. The van der Waals surface area contributed by atoms with Gasteiger partial charge in [-0.2, -0.15) is 8.78 Å². The lowest BCUT2D eigenvalue weighted by Gasteiger charge is -2.06. The molecule has 0 aliphatic carbocycles. The first-order valence-electron chi connectivity index (χ1n) is 3.09. The number of halogens is 3. The van der Waals surface area contributed by atoms with Crippen LogP contribution in [-0.4, -0.2) is 18.0 Å². The van der Waals surface area contributed by atoms with Crippen molar-refractivity contribution in [3.63, 3.8) is 0 Å². The second-order valence-corrected chi connectivity index (χ2v) is 2.32. The molecule has 0 saturated carbocycles. The van der Waals surface area contributed by atoms with Crippen molar-refractivity contribution in [2.45, 2.75) is 12.3 Å². The van der Waals surface area contributed by atoms with Gasteiger partial charge < -0.3 is 10.5 Å². The molecule has 0 heterocycles. The van der Waals surface area contributed by atoms with Crippen LogP contribution in [0.3, 0.4) is 0 Å². The summed E-state index contributed by atoms with van der Waals surface area (Å²) in [5.41, 5.74) is 3.73. The van der Waals surface area contributed by atoms with Crippen LogP contribution in [0.25, 0.3) is 0 Å². The maximum atomic E-state index is 12.1. The molecule has 6 heteroatoms. The Labute approximate surface area is 73.1 Å². The second kappa shape index (κ2) is 4.25. The van der Waals surface area contributed by atoms with E-state index in [0.717, 1.165) is 0 Å². The van der Waals surface area contributed by atoms with Crippen molar-refractivity contribution >= 4 is 17.6 Å². The second-order valence-electron chi connectivity index (χ2n) is 1.85. The highest BCUT2D eigenvalue weighted by molar-refractivity contribution is 6.23. The number of ether oxygens (including phenoxy) is 1. The van der Waals surface area contributed by atoms with E-state index in [0.29, 0.717) is 6.08 Å². The highest BCUT2D eigenvalue weighted by atomic mass is 35.5. The van der Waals surface area contributed by atoms with Crippen molar-refractivity contribution in [1.29, 1.82) is 0 Å². The Morgan fingerprint density at radius 3 is 2.58 bits per heavy atom. The number of esters is 1. The normalized spacial score (nSPS) is 12.8.